The fraction of sp³-hybridized carbons (Fsp3) is 0.556. The summed E-state index contributed by atoms with van der Waals surface area (Å²) in [4.78, 5) is 23.7. The van der Waals surface area contributed by atoms with Gasteiger partial charge in [-0.25, -0.2) is 13.2 Å². The van der Waals surface area contributed by atoms with E-state index in [1.807, 2.05) is 0 Å². The van der Waals surface area contributed by atoms with E-state index in [0.717, 1.165) is 23.4 Å². The maximum Gasteiger partial charge on any atom is 0.338 e. The summed E-state index contributed by atoms with van der Waals surface area (Å²) in [5, 5.41) is 2.77. The molecule has 27 heavy (non-hydrogen) atoms. The van der Waals surface area contributed by atoms with E-state index < -0.39 is 16.0 Å². The number of esters is 1. The van der Waals surface area contributed by atoms with Crippen LogP contribution in [-0.2, 0) is 24.3 Å². The Morgan fingerprint density at radius 2 is 2.00 bits per heavy atom. The molecule has 1 aliphatic rings. The molecule has 1 atom stereocenters. The summed E-state index contributed by atoms with van der Waals surface area (Å²) in [7, 11) is -3.58. The second-order valence-electron chi connectivity index (χ2n) is 6.29. The Kier molecular flexibility index (Phi) is 7.61. The van der Waals surface area contributed by atoms with Crippen molar-refractivity contribution in [3.8, 4) is 0 Å². The molecule has 2 rings (SSSR count). The molecule has 1 aromatic carbocycles. The van der Waals surface area contributed by atoms with Gasteiger partial charge in [0.1, 0.15) is 0 Å². The fourth-order valence-electron chi connectivity index (χ4n) is 2.79. The van der Waals surface area contributed by atoms with Gasteiger partial charge in [0.25, 0.3) is 0 Å². The fourth-order valence-corrected chi connectivity index (χ4v) is 3.72. The van der Waals surface area contributed by atoms with Crippen LogP contribution in [0.1, 0.15) is 36.5 Å². The zero-order chi connectivity index (χ0) is 19.9. The number of hydrogen-bond acceptors (Lipinski definition) is 6. The van der Waals surface area contributed by atoms with Crippen LogP contribution in [-0.4, -0.2) is 59.0 Å². The minimum absolute atomic E-state index is 0.00887. The summed E-state index contributed by atoms with van der Waals surface area (Å²) in [6, 6.07) is 6.06. The zero-order valence-electron chi connectivity index (χ0n) is 15.6. The zero-order valence-corrected chi connectivity index (χ0v) is 16.5. The topological polar surface area (TPSA) is 102 Å². The summed E-state index contributed by atoms with van der Waals surface area (Å²) in [5.41, 5.74) is 0.723. The van der Waals surface area contributed by atoms with Crippen molar-refractivity contribution in [3.05, 3.63) is 29.8 Å². The lowest BCUT2D eigenvalue weighted by Gasteiger charge is -2.22. The lowest BCUT2D eigenvalue weighted by atomic mass is 10.2. The van der Waals surface area contributed by atoms with Crippen LogP contribution >= 0.6 is 0 Å². The first-order chi connectivity index (χ1) is 12.8. The molecule has 150 valence electrons. The predicted molar refractivity (Wildman–Crippen MR) is 101 cm³/mol. The van der Waals surface area contributed by atoms with E-state index in [4.69, 9.17) is 9.47 Å². The number of carbonyl (C=O) groups excluding carboxylic acids is 2. The van der Waals surface area contributed by atoms with Gasteiger partial charge >= 0.3 is 5.97 Å². The summed E-state index contributed by atoms with van der Waals surface area (Å²) in [6.45, 7) is 3.13. The second kappa shape index (κ2) is 9.70. The molecule has 1 unspecified atom stereocenters. The largest absolute Gasteiger partial charge is 0.462 e. The molecule has 0 spiro atoms. The quantitative estimate of drug-likeness (QED) is 0.630. The van der Waals surface area contributed by atoms with Gasteiger partial charge in [0, 0.05) is 26.1 Å². The van der Waals surface area contributed by atoms with Crippen molar-refractivity contribution < 1.29 is 27.5 Å². The third-order valence-corrected chi connectivity index (χ3v) is 5.35. The normalized spacial score (nSPS) is 16.7. The highest BCUT2D eigenvalue weighted by atomic mass is 32.2. The Morgan fingerprint density at radius 1 is 1.30 bits per heavy atom. The van der Waals surface area contributed by atoms with Crippen molar-refractivity contribution >= 4 is 27.6 Å². The van der Waals surface area contributed by atoms with E-state index in [9.17, 15) is 18.0 Å². The Balaban J connectivity index is 1.96. The van der Waals surface area contributed by atoms with Crippen LogP contribution in [0.4, 0.5) is 5.69 Å². The molecule has 9 heteroatoms. The number of anilines is 1. The van der Waals surface area contributed by atoms with E-state index >= 15 is 0 Å². The van der Waals surface area contributed by atoms with Crippen molar-refractivity contribution in [2.45, 2.75) is 32.3 Å². The van der Waals surface area contributed by atoms with Crippen LogP contribution in [0.3, 0.4) is 0 Å². The van der Waals surface area contributed by atoms with Crippen LogP contribution in [0.5, 0.6) is 0 Å². The molecular formula is C18H26N2O6S. The first-order valence-electron chi connectivity index (χ1n) is 8.94. The van der Waals surface area contributed by atoms with Gasteiger partial charge in [0.15, 0.2) is 0 Å². The third-order valence-electron chi connectivity index (χ3n) is 4.16. The maximum absolute atomic E-state index is 12.1. The molecule has 0 saturated carbocycles. The van der Waals surface area contributed by atoms with Gasteiger partial charge in [-0.2, -0.15) is 0 Å². The summed E-state index contributed by atoms with van der Waals surface area (Å²) in [6.07, 6.45) is 3.05. The van der Waals surface area contributed by atoms with Gasteiger partial charge in [-0.3, -0.25) is 9.10 Å². The number of ether oxygens (including phenoxy) is 2. The van der Waals surface area contributed by atoms with Crippen LogP contribution in [0.15, 0.2) is 24.3 Å². The SMILES string of the molecule is CCOC(=O)c1ccc(N(CCC(=O)NCC2CCCO2)S(C)(=O)=O)cc1. The first-order valence-corrected chi connectivity index (χ1v) is 10.8. The molecule has 0 radical (unpaired) electrons. The van der Waals surface area contributed by atoms with Gasteiger partial charge in [0.2, 0.25) is 15.9 Å². The highest BCUT2D eigenvalue weighted by molar-refractivity contribution is 7.92. The number of carbonyl (C=O) groups is 2. The van der Waals surface area contributed by atoms with Gasteiger partial charge in [0.05, 0.1) is 30.2 Å². The molecule has 1 aromatic rings. The minimum Gasteiger partial charge on any atom is -0.462 e. The molecule has 1 amide bonds. The maximum atomic E-state index is 12.1. The summed E-state index contributed by atoms with van der Waals surface area (Å²) < 4.78 is 35.7. The number of benzene rings is 1. The van der Waals surface area contributed by atoms with Crippen LogP contribution in [0.25, 0.3) is 0 Å². The van der Waals surface area contributed by atoms with Gasteiger partial charge in [-0.05, 0) is 44.0 Å². The summed E-state index contributed by atoms with van der Waals surface area (Å²) in [5.74, 6) is -0.703. The molecular weight excluding hydrogens is 372 g/mol. The standard InChI is InChI=1S/C18H26N2O6S/c1-3-25-18(22)14-6-8-15(9-7-14)20(27(2,23)24)11-10-17(21)19-13-16-5-4-12-26-16/h6-9,16H,3-5,10-13H2,1-2H3,(H,19,21). The molecule has 1 heterocycles. The van der Waals surface area contributed by atoms with Crippen molar-refractivity contribution in [1.29, 1.82) is 0 Å². The monoisotopic (exact) mass is 398 g/mol. The number of sulfonamides is 1. The smallest absolute Gasteiger partial charge is 0.338 e. The van der Waals surface area contributed by atoms with Gasteiger partial charge < -0.3 is 14.8 Å². The summed E-state index contributed by atoms with van der Waals surface area (Å²) >= 11 is 0. The third kappa shape index (κ3) is 6.51. The van der Waals surface area contributed by atoms with E-state index in [0.29, 0.717) is 24.4 Å². The average Bonchev–Trinajstić information content (AvgIpc) is 3.13. The molecule has 1 N–H and O–H groups in total. The van der Waals surface area contributed by atoms with E-state index in [-0.39, 0.29) is 31.6 Å². The Morgan fingerprint density at radius 3 is 2.56 bits per heavy atom. The van der Waals surface area contributed by atoms with Gasteiger partial charge in [-0.15, -0.1) is 0 Å². The second-order valence-corrected chi connectivity index (χ2v) is 8.20. The molecule has 0 bridgehead atoms. The van der Waals surface area contributed by atoms with Crippen LogP contribution < -0.4 is 9.62 Å². The lowest BCUT2D eigenvalue weighted by Crippen LogP contribution is -2.36. The minimum atomic E-state index is -3.58. The molecule has 0 aliphatic carbocycles. The van der Waals surface area contributed by atoms with Crippen molar-refractivity contribution in [3.63, 3.8) is 0 Å². The Labute approximate surface area is 159 Å². The van der Waals surface area contributed by atoms with Crippen molar-refractivity contribution in [2.24, 2.45) is 0 Å². The number of amides is 1. The molecule has 0 aromatic heterocycles. The molecule has 1 aliphatic heterocycles. The highest BCUT2D eigenvalue weighted by Gasteiger charge is 2.20. The molecule has 1 fully saturated rings. The number of hydrogen-bond donors (Lipinski definition) is 1. The Bertz CT molecular complexity index is 742. The number of nitrogens with one attached hydrogen (secondary N) is 1. The van der Waals surface area contributed by atoms with Crippen molar-refractivity contribution in [2.75, 3.05) is 36.9 Å². The number of rotatable bonds is 9. The predicted octanol–water partition coefficient (Wildman–Crippen LogP) is 1.31. The highest BCUT2D eigenvalue weighted by Crippen LogP contribution is 2.19. The number of nitrogens with zero attached hydrogens (tertiary/aromatic N) is 1. The van der Waals surface area contributed by atoms with Gasteiger partial charge in [-0.1, -0.05) is 0 Å². The van der Waals surface area contributed by atoms with Crippen LogP contribution in [0, 0.1) is 0 Å². The molecule has 1 saturated heterocycles. The lowest BCUT2D eigenvalue weighted by molar-refractivity contribution is -0.121. The Hall–Kier alpha value is -2.13. The molecule has 8 nitrogen and oxygen atoms in total. The van der Waals surface area contributed by atoms with E-state index in [1.54, 1.807) is 6.92 Å². The van der Waals surface area contributed by atoms with E-state index in [2.05, 4.69) is 5.32 Å². The van der Waals surface area contributed by atoms with Crippen molar-refractivity contribution in [1.82, 2.24) is 5.32 Å². The van der Waals surface area contributed by atoms with Crippen LogP contribution in [0.2, 0.25) is 0 Å². The first kappa shape index (κ1) is 21.2. The van der Waals surface area contributed by atoms with E-state index in [1.165, 1.54) is 24.3 Å². The average molecular weight is 398 g/mol.